The van der Waals surface area contributed by atoms with Crippen molar-refractivity contribution in [3.8, 4) is 11.5 Å². The number of nitrogens with zero attached hydrogens (tertiary/aromatic N) is 1. The first kappa shape index (κ1) is 17.1. The molecule has 2 amide bonds. The zero-order valence-electron chi connectivity index (χ0n) is 13.5. The van der Waals surface area contributed by atoms with E-state index in [2.05, 4.69) is 5.32 Å². The topological polar surface area (TPSA) is 67.9 Å². The second-order valence-corrected chi connectivity index (χ2v) is 6.81. The number of ether oxygens (including phenoxy) is 2. The molecular formula is C18H14Cl2N2O4. The first-order valence-corrected chi connectivity index (χ1v) is 8.72. The van der Waals surface area contributed by atoms with Gasteiger partial charge in [0.2, 0.25) is 12.7 Å². The highest BCUT2D eigenvalue weighted by Crippen LogP contribution is 2.33. The van der Waals surface area contributed by atoms with Crippen molar-refractivity contribution in [2.24, 2.45) is 0 Å². The number of imide groups is 1. The van der Waals surface area contributed by atoms with E-state index in [1.807, 2.05) is 18.2 Å². The summed E-state index contributed by atoms with van der Waals surface area (Å²) in [6, 6.07) is 9.65. The van der Waals surface area contributed by atoms with E-state index in [9.17, 15) is 9.59 Å². The summed E-state index contributed by atoms with van der Waals surface area (Å²) in [6.45, 7) is 0.635. The van der Waals surface area contributed by atoms with Crippen LogP contribution in [0.3, 0.4) is 0 Å². The van der Waals surface area contributed by atoms with Crippen LogP contribution in [0.1, 0.15) is 12.0 Å². The molecule has 2 aromatic rings. The number of hydrogen-bond acceptors (Lipinski definition) is 5. The van der Waals surface area contributed by atoms with Gasteiger partial charge in [0.1, 0.15) is 0 Å². The van der Waals surface area contributed by atoms with E-state index < -0.39 is 6.04 Å². The highest BCUT2D eigenvalue weighted by molar-refractivity contribution is 6.42. The summed E-state index contributed by atoms with van der Waals surface area (Å²) in [5.41, 5.74) is 1.35. The molecule has 1 N–H and O–H groups in total. The average Bonchev–Trinajstić information content (AvgIpc) is 3.19. The third kappa shape index (κ3) is 3.11. The lowest BCUT2D eigenvalue weighted by Crippen LogP contribution is -2.38. The Bertz CT molecular complexity index is 903. The first-order chi connectivity index (χ1) is 12.5. The van der Waals surface area contributed by atoms with E-state index in [1.165, 1.54) is 6.07 Å². The molecule has 4 rings (SSSR count). The maximum Gasteiger partial charge on any atom is 0.251 e. The van der Waals surface area contributed by atoms with Crippen LogP contribution in [0.15, 0.2) is 36.4 Å². The Morgan fingerprint density at radius 1 is 1.04 bits per heavy atom. The molecule has 2 aromatic carbocycles. The van der Waals surface area contributed by atoms with Gasteiger partial charge in [-0.1, -0.05) is 29.3 Å². The Balaban J connectivity index is 1.46. The lowest BCUT2D eigenvalue weighted by Gasteiger charge is -2.16. The van der Waals surface area contributed by atoms with Gasteiger partial charge in [-0.3, -0.25) is 9.59 Å². The van der Waals surface area contributed by atoms with Gasteiger partial charge in [0.05, 0.1) is 28.2 Å². The Morgan fingerprint density at radius 3 is 2.65 bits per heavy atom. The summed E-state index contributed by atoms with van der Waals surface area (Å²) in [6.07, 6.45) is 0.0869. The van der Waals surface area contributed by atoms with Gasteiger partial charge < -0.3 is 14.8 Å². The summed E-state index contributed by atoms with van der Waals surface area (Å²) >= 11 is 11.9. The third-order valence-electron chi connectivity index (χ3n) is 4.30. The molecule has 0 spiro atoms. The SMILES string of the molecule is O=C1C[C@@H](NCc2ccc3c(c2)OCO3)C(=O)N1c1ccc(Cl)c(Cl)c1. The van der Waals surface area contributed by atoms with Gasteiger partial charge in [0.15, 0.2) is 11.5 Å². The van der Waals surface area contributed by atoms with Gasteiger partial charge in [-0.15, -0.1) is 0 Å². The van der Waals surface area contributed by atoms with Crippen molar-refractivity contribution >= 4 is 40.7 Å². The maximum atomic E-state index is 12.6. The molecule has 0 bridgehead atoms. The van der Waals surface area contributed by atoms with Crippen molar-refractivity contribution in [2.75, 3.05) is 11.7 Å². The standard InChI is InChI=1S/C18H14Cl2N2O4/c19-12-3-2-11(6-13(12)20)22-17(23)7-14(18(22)24)21-8-10-1-4-15-16(5-10)26-9-25-15/h1-6,14,21H,7-9H2/t14-/m1/s1. The number of fused-ring (bicyclic) bond motifs is 1. The first-order valence-electron chi connectivity index (χ1n) is 7.96. The minimum absolute atomic E-state index is 0.0869. The maximum absolute atomic E-state index is 12.6. The fourth-order valence-corrected chi connectivity index (χ4v) is 3.27. The summed E-state index contributed by atoms with van der Waals surface area (Å²) in [5.74, 6) is 0.785. The fraction of sp³-hybridized carbons (Fsp3) is 0.222. The van der Waals surface area contributed by atoms with Crippen molar-refractivity contribution in [3.63, 3.8) is 0 Å². The van der Waals surface area contributed by atoms with Crippen LogP contribution in [0.25, 0.3) is 0 Å². The molecule has 8 heteroatoms. The van der Waals surface area contributed by atoms with Gasteiger partial charge in [-0.2, -0.15) is 0 Å². The molecule has 0 saturated carbocycles. The van der Waals surface area contributed by atoms with Gasteiger partial charge in [0, 0.05) is 6.54 Å². The van der Waals surface area contributed by atoms with Crippen LogP contribution in [-0.4, -0.2) is 24.6 Å². The van der Waals surface area contributed by atoms with E-state index >= 15 is 0 Å². The van der Waals surface area contributed by atoms with E-state index in [1.54, 1.807) is 12.1 Å². The number of benzene rings is 2. The molecule has 6 nitrogen and oxygen atoms in total. The Morgan fingerprint density at radius 2 is 1.85 bits per heavy atom. The van der Waals surface area contributed by atoms with Crippen molar-refractivity contribution in [2.45, 2.75) is 19.0 Å². The molecule has 0 radical (unpaired) electrons. The predicted octanol–water partition coefficient (Wildman–Crippen LogP) is 3.14. The number of carbonyl (C=O) groups excluding carboxylic acids is 2. The molecule has 1 fully saturated rings. The van der Waals surface area contributed by atoms with E-state index in [4.69, 9.17) is 32.7 Å². The number of halogens is 2. The molecule has 2 aliphatic heterocycles. The van der Waals surface area contributed by atoms with Gasteiger partial charge >= 0.3 is 0 Å². The zero-order chi connectivity index (χ0) is 18.3. The van der Waals surface area contributed by atoms with E-state index in [-0.39, 0.29) is 25.0 Å². The zero-order valence-corrected chi connectivity index (χ0v) is 15.0. The predicted molar refractivity (Wildman–Crippen MR) is 96.8 cm³/mol. The van der Waals surface area contributed by atoms with Crippen LogP contribution in [0.4, 0.5) is 5.69 Å². The summed E-state index contributed by atoms with van der Waals surface area (Å²) < 4.78 is 10.6. The molecule has 0 aromatic heterocycles. The number of rotatable bonds is 4. The van der Waals surface area contributed by atoms with Crippen LogP contribution < -0.4 is 19.7 Å². The molecule has 2 heterocycles. The quantitative estimate of drug-likeness (QED) is 0.809. The molecular weight excluding hydrogens is 379 g/mol. The van der Waals surface area contributed by atoms with Gasteiger partial charge in [-0.25, -0.2) is 4.90 Å². The van der Waals surface area contributed by atoms with E-state index in [0.717, 1.165) is 10.5 Å². The van der Waals surface area contributed by atoms with Crippen molar-refractivity contribution in [1.29, 1.82) is 0 Å². The number of nitrogens with one attached hydrogen (secondary N) is 1. The number of amides is 2. The Kier molecular flexibility index (Phi) is 4.48. The van der Waals surface area contributed by atoms with Crippen molar-refractivity contribution in [3.05, 3.63) is 52.0 Å². The highest BCUT2D eigenvalue weighted by atomic mass is 35.5. The summed E-state index contributed by atoms with van der Waals surface area (Å²) in [5, 5.41) is 3.79. The highest BCUT2D eigenvalue weighted by Gasteiger charge is 2.39. The number of hydrogen-bond donors (Lipinski definition) is 1. The lowest BCUT2D eigenvalue weighted by atomic mass is 10.1. The smallest absolute Gasteiger partial charge is 0.251 e. The van der Waals surface area contributed by atoms with Crippen molar-refractivity contribution < 1.29 is 19.1 Å². The average molecular weight is 393 g/mol. The minimum Gasteiger partial charge on any atom is -0.454 e. The molecule has 26 heavy (non-hydrogen) atoms. The van der Waals surface area contributed by atoms with Crippen LogP contribution in [0.2, 0.25) is 10.0 Å². The molecule has 2 aliphatic rings. The van der Waals surface area contributed by atoms with Crippen LogP contribution in [-0.2, 0) is 16.1 Å². The number of carbonyl (C=O) groups is 2. The second-order valence-electron chi connectivity index (χ2n) is 5.99. The Labute approximate surface area is 159 Å². The lowest BCUT2D eigenvalue weighted by molar-refractivity contribution is -0.121. The fourth-order valence-electron chi connectivity index (χ4n) is 2.98. The number of anilines is 1. The van der Waals surface area contributed by atoms with Crippen LogP contribution in [0, 0.1) is 0 Å². The normalized spacial score (nSPS) is 18.7. The summed E-state index contributed by atoms with van der Waals surface area (Å²) in [4.78, 5) is 26.1. The third-order valence-corrected chi connectivity index (χ3v) is 5.04. The van der Waals surface area contributed by atoms with Crippen LogP contribution in [0.5, 0.6) is 11.5 Å². The van der Waals surface area contributed by atoms with Gasteiger partial charge in [0.25, 0.3) is 5.91 Å². The second kappa shape index (κ2) is 6.79. The Hall–Kier alpha value is -2.28. The van der Waals surface area contributed by atoms with Gasteiger partial charge in [-0.05, 0) is 35.9 Å². The molecule has 0 unspecified atom stereocenters. The summed E-state index contributed by atoms with van der Waals surface area (Å²) in [7, 11) is 0. The minimum atomic E-state index is -0.595. The molecule has 0 aliphatic carbocycles. The monoisotopic (exact) mass is 392 g/mol. The molecule has 134 valence electrons. The largest absolute Gasteiger partial charge is 0.454 e. The van der Waals surface area contributed by atoms with Crippen LogP contribution >= 0.6 is 23.2 Å². The molecule has 1 saturated heterocycles. The molecule has 1 atom stereocenters. The van der Waals surface area contributed by atoms with E-state index in [0.29, 0.717) is 33.8 Å². The van der Waals surface area contributed by atoms with Crippen molar-refractivity contribution in [1.82, 2.24) is 5.32 Å².